The van der Waals surface area contributed by atoms with E-state index in [1.165, 1.54) is 0 Å². The number of nitrogens with zero attached hydrogens (tertiary/aromatic N) is 1. The maximum absolute atomic E-state index is 12.3. The van der Waals surface area contributed by atoms with E-state index < -0.39 is 0 Å². The Morgan fingerprint density at radius 2 is 2.17 bits per heavy atom. The highest BCUT2D eigenvalue weighted by Crippen LogP contribution is 2.24. The molecule has 1 fully saturated rings. The summed E-state index contributed by atoms with van der Waals surface area (Å²) in [5.74, 6) is 0.684. The van der Waals surface area contributed by atoms with Crippen LogP contribution in [0.4, 0.5) is 0 Å². The normalized spacial score (nSPS) is 15.6. The lowest BCUT2D eigenvalue weighted by molar-refractivity contribution is 0.0736. The predicted molar refractivity (Wildman–Crippen MR) is 71.4 cm³/mol. The third kappa shape index (κ3) is 2.94. The van der Waals surface area contributed by atoms with E-state index in [0.29, 0.717) is 22.9 Å². The lowest BCUT2D eigenvalue weighted by atomic mass is 10.1. The van der Waals surface area contributed by atoms with Gasteiger partial charge in [-0.25, -0.2) is 0 Å². The van der Waals surface area contributed by atoms with Gasteiger partial charge in [0, 0.05) is 26.2 Å². The molecular weight excluding hydrogens is 252 g/mol. The first-order valence-corrected chi connectivity index (χ1v) is 6.52. The molecule has 1 heterocycles. The van der Waals surface area contributed by atoms with Crippen LogP contribution in [0.1, 0.15) is 17.3 Å². The SMILES string of the molecule is CCOc1ccc(C(=O)N2CCNCC2)c(Cl)c1. The Morgan fingerprint density at radius 3 is 2.78 bits per heavy atom. The molecule has 0 aliphatic carbocycles. The van der Waals surface area contributed by atoms with Crippen LogP contribution in [0.2, 0.25) is 5.02 Å². The van der Waals surface area contributed by atoms with Crippen molar-refractivity contribution in [2.24, 2.45) is 0 Å². The summed E-state index contributed by atoms with van der Waals surface area (Å²) < 4.78 is 5.35. The average molecular weight is 269 g/mol. The number of hydrogen-bond acceptors (Lipinski definition) is 3. The number of nitrogens with one attached hydrogen (secondary N) is 1. The minimum atomic E-state index is -0.00968. The molecule has 0 radical (unpaired) electrons. The van der Waals surface area contributed by atoms with Gasteiger partial charge in [0.15, 0.2) is 0 Å². The molecule has 5 heteroatoms. The Kier molecular flexibility index (Phi) is 4.44. The third-order valence-electron chi connectivity index (χ3n) is 2.89. The van der Waals surface area contributed by atoms with Crippen molar-refractivity contribution in [2.45, 2.75) is 6.92 Å². The van der Waals surface area contributed by atoms with Crippen LogP contribution >= 0.6 is 11.6 Å². The molecule has 0 bridgehead atoms. The largest absolute Gasteiger partial charge is 0.494 e. The van der Waals surface area contributed by atoms with Crippen LogP contribution in [0.3, 0.4) is 0 Å². The van der Waals surface area contributed by atoms with Gasteiger partial charge in [-0.15, -0.1) is 0 Å². The number of hydrogen-bond donors (Lipinski definition) is 1. The Balaban J connectivity index is 2.14. The van der Waals surface area contributed by atoms with Crippen LogP contribution in [0.15, 0.2) is 18.2 Å². The summed E-state index contributed by atoms with van der Waals surface area (Å²) in [7, 11) is 0. The molecule has 2 rings (SSSR count). The molecule has 0 unspecified atom stereocenters. The van der Waals surface area contributed by atoms with Crippen LogP contribution in [-0.4, -0.2) is 43.6 Å². The number of halogens is 1. The number of ether oxygens (including phenoxy) is 1. The Morgan fingerprint density at radius 1 is 1.44 bits per heavy atom. The first kappa shape index (κ1) is 13.2. The molecule has 4 nitrogen and oxygen atoms in total. The molecule has 0 saturated carbocycles. The molecule has 0 spiro atoms. The first-order chi connectivity index (χ1) is 8.72. The van der Waals surface area contributed by atoms with Gasteiger partial charge >= 0.3 is 0 Å². The highest BCUT2D eigenvalue weighted by atomic mass is 35.5. The van der Waals surface area contributed by atoms with Crippen molar-refractivity contribution in [1.82, 2.24) is 10.2 Å². The van der Waals surface area contributed by atoms with Crippen molar-refractivity contribution in [3.05, 3.63) is 28.8 Å². The zero-order valence-electron chi connectivity index (χ0n) is 10.4. The smallest absolute Gasteiger partial charge is 0.255 e. The van der Waals surface area contributed by atoms with Gasteiger partial charge in [-0.1, -0.05) is 11.6 Å². The number of amides is 1. The second kappa shape index (κ2) is 6.07. The van der Waals surface area contributed by atoms with Crippen molar-refractivity contribution in [2.75, 3.05) is 32.8 Å². The molecule has 1 amide bonds. The van der Waals surface area contributed by atoms with E-state index in [1.807, 2.05) is 11.8 Å². The highest BCUT2D eigenvalue weighted by molar-refractivity contribution is 6.34. The van der Waals surface area contributed by atoms with Gasteiger partial charge in [0.2, 0.25) is 0 Å². The number of benzene rings is 1. The zero-order valence-corrected chi connectivity index (χ0v) is 11.2. The van der Waals surface area contributed by atoms with Crippen molar-refractivity contribution in [3.8, 4) is 5.75 Å². The minimum Gasteiger partial charge on any atom is -0.494 e. The van der Waals surface area contributed by atoms with Gasteiger partial charge in [0.05, 0.1) is 17.2 Å². The highest BCUT2D eigenvalue weighted by Gasteiger charge is 2.20. The molecule has 1 N–H and O–H groups in total. The van der Waals surface area contributed by atoms with E-state index in [0.717, 1.165) is 26.2 Å². The molecule has 1 aromatic carbocycles. The molecule has 1 aliphatic heterocycles. The first-order valence-electron chi connectivity index (χ1n) is 6.14. The maximum atomic E-state index is 12.3. The van der Waals surface area contributed by atoms with E-state index >= 15 is 0 Å². The zero-order chi connectivity index (χ0) is 13.0. The number of piperazine rings is 1. The Hall–Kier alpha value is -1.26. The van der Waals surface area contributed by atoms with Crippen LogP contribution in [0.5, 0.6) is 5.75 Å². The van der Waals surface area contributed by atoms with Gasteiger partial charge < -0.3 is 15.0 Å². The van der Waals surface area contributed by atoms with Gasteiger partial charge in [-0.3, -0.25) is 4.79 Å². The quantitative estimate of drug-likeness (QED) is 0.909. The number of carbonyl (C=O) groups excluding carboxylic acids is 1. The van der Waals surface area contributed by atoms with Crippen molar-refractivity contribution in [3.63, 3.8) is 0 Å². The monoisotopic (exact) mass is 268 g/mol. The fourth-order valence-corrected chi connectivity index (χ4v) is 2.22. The molecule has 18 heavy (non-hydrogen) atoms. The molecule has 1 saturated heterocycles. The van der Waals surface area contributed by atoms with Crippen molar-refractivity contribution < 1.29 is 9.53 Å². The van der Waals surface area contributed by atoms with Crippen LogP contribution in [0.25, 0.3) is 0 Å². The molecule has 98 valence electrons. The van der Waals surface area contributed by atoms with Crippen molar-refractivity contribution in [1.29, 1.82) is 0 Å². The summed E-state index contributed by atoms with van der Waals surface area (Å²) in [5, 5.41) is 3.66. The lowest BCUT2D eigenvalue weighted by Crippen LogP contribution is -2.46. The van der Waals surface area contributed by atoms with Gasteiger partial charge in [0.1, 0.15) is 5.75 Å². The fraction of sp³-hybridized carbons (Fsp3) is 0.462. The third-order valence-corrected chi connectivity index (χ3v) is 3.20. The van der Waals surface area contributed by atoms with Gasteiger partial charge in [-0.2, -0.15) is 0 Å². The topological polar surface area (TPSA) is 41.6 Å². The summed E-state index contributed by atoms with van der Waals surface area (Å²) >= 11 is 6.14. The van der Waals surface area contributed by atoms with Crippen LogP contribution in [0, 0.1) is 0 Å². The van der Waals surface area contributed by atoms with E-state index in [9.17, 15) is 4.79 Å². The number of rotatable bonds is 3. The summed E-state index contributed by atoms with van der Waals surface area (Å²) in [6.07, 6.45) is 0. The maximum Gasteiger partial charge on any atom is 0.255 e. The number of carbonyl (C=O) groups is 1. The fourth-order valence-electron chi connectivity index (χ4n) is 1.96. The van der Waals surface area contributed by atoms with E-state index in [2.05, 4.69) is 5.32 Å². The summed E-state index contributed by atoms with van der Waals surface area (Å²) in [6, 6.07) is 5.21. The molecule has 0 aromatic heterocycles. The Labute approximate surface area is 112 Å². The molecule has 1 aromatic rings. The summed E-state index contributed by atoms with van der Waals surface area (Å²) in [6.45, 7) is 5.61. The molecule has 0 atom stereocenters. The lowest BCUT2D eigenvalue weighted by Gasteiger charge is -2.27. The summed E-state index contributed by atoms with van der Waals surface area (Å²) in [4.78, 5) is 14.1. The predicted octanol–water partition coefficient (Wildman–Crippen LogP) is 1.78. The van der Waals surface area contributed by atoms with Crippen LogP contribution < -0.4 is 10.1 Å². The van der Waals surface area contributed by atoms with E-state index in [-0.39, 0.29) is 5.91 Å². The minimum absolute atomic E-state index is 0.00968. The van der Waals surface area contributed by atoms with E-state index in [4.69, 9.17) is 16.3 Å². The second-order valence-corrected chi connectivity index (χ2v) is 4.52. The van der Waals surface area contributed by atoms with Gasteiger partial charge in [0.25, 0.3) is 5.91 Å². The van der Waals surface area contributed by atoms with Crippen LogP contribution in [-0.2, 0) is 0 Å². The van der Waals surface area contributed by atoms with E-state index in [1.54, 1.807) is 18.2 Å². The molecular formula is C13H17ClN2O2. The second-order valence-electron chi connectivity index (χ2n) is 4.12. The average Bonchev–Trinajstić information content (AvgIpc) is 2.40. The van der Waals surface area contributed by atoms with Crippen molar-refractivity contribution >= 4 is 17.5 Å². The standard InChI is InChI=1S/C13H17ClN2O2/c1-2-18-10-3-4-11(12(14)9-10)13(17)16-7-5-15-6-8-16/h3-4,9,15H,2,5-8H2,1H3. The van der Waals surface area contributed by atoms with Gasteiger partial charge in [-0.05, 0) is 25.1 Å². The Bertz CT molecular complexity index is 431. The molecule has 1 aliphatic rings. The summed E-state index contributed by atoms with van der Waals surface area (Å²) in [5.41, 5.74) is 0.544.